The van der Waals surface area contributed by atoms with Crippen molar-refractivity contribution in [2.45, 2.75) is 12.8 Å². The van der Waals surface area contributed by atoms with E-state index in [4.69, 9.17) is 4.74 Å². The molecule has 0 bridgehead atoms. The van der Waals surface area contributed by atoms with Gasteiger partial charge in [-0.3, -0.25) is 9.78 Å². The van der Waals surface area contributed by atoms with Crippen molar-refractivity contribution in [2.75, 3.05) is 26.3 Å². The van der Waals surface area contributed by atoms with Gasteiger partial charge in [0.05, 0.1) is 18.9 Å². The van der Waals surface area contributed by atoms with Gasteiger partial charge in [-0.2, -0.15) is 0 Å². The Balaban J connectivity index is 1.56. The number of amides is 1. The number of rotatable bonds is 4. The van der Waals surface area contributed by atoms with Gasteiger partial charge in [0.15, 0.2) is 0 Å². The number of pyridine rings is 1. The molecule has 0 spiro atoms. The van der Waals surface area contributed by atoms with Crippen LogP contribution in [0, 0.1) is 0 Å². The smallest absolute Gasteiger partial charge is 0.223 e. The molecule has 3 heterocycles. The van der Waals surface area contributed by atoms with Crippen LogP contribution in [0.4, 0.5) is 0 Å². The molecule has 6 heteroatoms. The van der Waals surface area contributed by atoms with E-state index in [1.165, 1.54) is 0 Å². The zero-order valence-electron chi connectivity index (χ0n) is 11.7. The number of nitrogens with zero attached hydrogens (tertiary/aromatic N) is 3. The summed E-state index contributed by atoms with van der Waals surface area (Å²) < 4.78 is 5.26. The monoisotopic (exact) mass is 303 g/mol. The molecule has 5 nitrogen and oxygen atoms in total. The highest BCUT2D eigenvalue weighted by Gasteiger charge is 2.17. The summed E-state index contributed by atoms with van der Waals surface area (Å²) in [7, 11) is 0. The summed E-state index contributed by atoms with van der Waals surface area (Å²) in [5.74, 6) is 0.191. The molecule has 3 rings (SSSR count). The molecular formula is C15H17N3O2S. The third-order valence-electron chi connectivity index (χ3n) is 3.44. The van der Waals surface area contributed by atoms with Crippen LogP contribution in [0.15, 0.2) is 29.9 Å². The second-order valence-corrected chi connectivity index (χ2v) is 5.73. The molecule has 0 atom stereocenters. The van der Waals surface area contributed by atoms with Gasteiger partial charge in [-0.1, -0.05) is 0 Å². The van der Waals surface area contributed by atoms with Crippen molar-refractivity contribution < 1.29 is 9.53 Å². The molecule has 0 N–H and O–H groups in total. The summed E-state index contributed by atoms with van der Waals surface area (Å²) in [5, 5.41) is 3.01. The van der Waals surface area contributed by atoms with Crippen molar-refractivity contribution >= 4 is 17.2 Å². The molecule has 1 amide bonds. The van der Waals surface area contributed by atoms with Crippen LogP contribution in [0.25, 0.3) is 10.6 Å². The molecule has 1 aliphatic rings. The fourth-order valence-electron chi connectivity index (χ4n) is 2.25. The first kappa shape index (κ1) is 14.2. The number of thiazole rings is 1. The Labute approximate surface area is 127 Å². The molecule has 1 saturated heterocycles. The van der Waals surface area contributed by atoms with Crippen LogP contribution >= 0.6 is 11.3 Å². The fourth-order valence-corrected chi connectivity index (χ4v) is 3.12. The van der Waals surface area contributed by atoms with Crippen LogP contribution in [0.2, 0.25) is 0 Å². The fraction of sp³-hybridized carbons (Fsp3) is 0.400. The van der Waals surface area contributed by atoms with Crippen LogP contribution in [-0.4, -0.2) is 47.1 Å². The number of morpholine rings is 1. The number of aryl methyl sites for hydroxylation is 1. The standard InChI is InChI=1S/C15H17N3O2S/c19-14(18-7-9-20-10-8-18)2-1-13-11-21-15(17-13)12-3-5-16-6-4-12/h3-6,11H,1-2,7-10H2. The topological polar surface area (TPSA) is 55.3 Å². The van der Waals surface area contributed by atoms with Gasteiger partial charge in [0.2, 0.25) is 5.91 Å². The highest BCUT2D eigenvalue weighted by molar-refractivity contribution is 7.13. The Morgan fingerprint density at radius 1 is 1.29 bits per heavy atom. The number of carbonyl (C=O) groups excluding carboxylic acids is 1. The van der Waals surface area contributed by atoms with Crippen LogP contribution in [0.3, 0.4) is 0 Å². The van der Waals surface area contributed by atoms with E-state index in [0.717, 1.165) is 16.3 Å². The third kappa shape index (κ3) is 3.65. The van der Waals surface area contributed by atoms with E-state index >= 15 is 0 Å². The van der Waals surface area contributed by atoms with Crippen LogP contribution < -0.4 is 0 Å². The summed E-state index contributed by atoms with van der Waals surface area (Å²) in [6, 6.07) is 3.89. The van der Waals surface area contributed by atoms with E-state index in [0.29, 0.717) is 39.1 Å². The maximum absolute atomic E-state index is 12.1. The minimum atomic E-state index is 0.191. The summed E-state index contributed by atoms with van der Waals surface area (Å²) >= 11 is 1.61. The Morgan fingerprint density at radius 3 is 2.81 bits per heavy atom. The first-order valence-electron chi connectivity index (χ1n) is 7.03. The van der Waals surface area contributed by atoms with Gasteiger partial charge in [-0.15, -0.1) is 11.3 Å². The van der Waals surface area contributed by atoms with Gasteiger partial charge in [0.1, 0.15) is 5.01 Å². The Hall–Kier alpha value is -1.79. The van der Waals surface area contributed by atoms with Crippen LogP contribution in [-0.2, 0) is 16.0 Å². The normalized spacial score (nSPS) is 15.1. The van der Waals surface area contributed by atoms with E-state index in [1.54, 1.807) is 23.7 Å². The first-order valence-corrected chi connectivity index (χ1v) is 7.91. The number of aromatic nitrogens is 2. The largest absolute Gasteiger partial charge is 0.378 e. The van der Waals surface area contributed by atoms with Gasteiger partial charge in [0.25, 0.3) is 0 Å². The lowest BCUT2D eigenvalue weighted by molar-refractivity contribution is -0.135. The van der Waals surface area contributed by atoms with Gasteiger partial charge < -0.3 is 9.64 Å². The second-order valence-electron chi connectivity index (χ2n) is 4.87. The maximum Gasteiger partial charge on any atom is 0.223 e. The number of hydrogen-bond acceptors (Lipinski definition) is 5. The quantitative estimate of drug-likeness (QED) is 0.867. The van der Waals surface area contributed by atoms with E-state index in [9.17, 15) is 4.79 Å². The van der Waals surface area contributed by atoms with E-state index in [-0.39, 0.29) is 5.91 Å². The van der Waals surface area contributed by atoms with Crippen LogP contribution in [0.1, 0.15) is 12.1 Å². The molecule has 2 aromatic rings. The molecule has 0 saturated carbocycles. The highest BCUT2D eigenvalue weighted by atomic mass is 32.1. The van der Waals surface area contributed by atoms with Crippen LogP contribution in [0.5, 0.6) is 0 Å². The minimum Gasteiger partial charge on any atom is -0.378 e. The first-order chi connectivity index (χ1) is 10.3. The van der Waals surface area contributed by atoms with Gasteiger partial charge >= 0.3 is 0 Å². The van der Waals surface area contributed by atoms with E-state index in [2.05, 4.69) is 9.97 Å². The van der Waals surface area contributed by atoms with Crippen molar-refractivity contribution in [3.8, 4) is 10.6 Å². The van der Waals surface area contributed by atoms with Gasteiger partial charge in [-0.05, 0) is 18.6 Å². The van der Waals surface area contributed by atoms with Crippen molar-refractivity contribution in [1.82, 2.24) is 14.9 Å². The Bertz CT molecular complexity index is 594. The molecular weight excluding hydrogens is 286 g/mol. The molecule has 0 aliphatic carbocycles. The molecule has 0 radical (unpaired) electrons. The number of carbonyl (C=O) groups is 1. The number of ether oxygens (including phenoxy) is 1. The zero-order chi connectivity index (χ0) is 14.5. The summed E-state index contributed by atoms with van der Waals surface area (Å²) in [4.78, 5) is 22.6. The second kappa shape index (κ2) is 6.78. The van der Waals surface area contributed by atoms with Crippen molar-refractivity contribution in [1.29, 1.82) is 0 Å². The maximum atomic E-state index is 12.1. The lowest BCUT2D eigenvalue weighted by Gasteiger charge is -2.26. The lowest BCUT2D eigenvalue weighted by atomic mass is 10.2. The average Bonchev–Trinajstić information content (AvgIpc) is 3.03. The predicted molar refractivity (Wildman–Crippen MR) is 81.1 cm³/mol. The molecule has 1 fully saturated rings. The summed E-state index contributed by atoms with van der Waals surface area (Å²) in [6.45, 7) is 2.71. The Kier molecular flexibility index (Phi) is 4.57. The SMILES string of the molecule is O=C(CCc1csc(-c2ccncc2)n1)N1CCOCC1. The summed E-state index contributed by atoms with van der Waals surface area (Å²) in [5.41, 5.74) is 2.05. The summed E-state index contributed by atoms with van der Waals surface area (Å²) in [6.07, 6.45) is 4.73. The van der Waals surface area contributed by atoms with Gasteiger partial charge in [-0.25, -0.2) is 4.98 Å². The average molecular weight is 303 g/mol. The lowest BCUT2D eigenvalue weighted by Crippen LogP contribution is -2.40. The third-order valence-corrected chi connectivity index (χ3v) is 4.38. The van der Waals surface area contributed by atoms with Crippen molar-refractivity contribution in [3.63, 3.8) is 0 Å². The minimum absolute atomic E-state index is 0.191. The molecule has 110 valence electrons. The van der Waals surface area contributed by atoms with Crippen molar-refractivity contribution in [3.05, 3.63) is 35.6 Å². The molecule has 1 aliphatic heterocycles. The van der Waals surface area contributed by atoms with E-state index < -0.39 is 0 Å². The molecule has 21 heavy (non-hydrogen) atoms. The zero-order valence-corrected chi connectivity index (χ0v) is 12.5. The predicted octanol–water partition coefficient (Wildman–Crippen LogP) is 2.00. The van der Waals surface area contributed by atoms with Crippen molar-refractivity contribution in [2.24, 2.45) is 0 Å². The van der Waals surface area contributed by atoms with Gasteiger partial charge in [0, 0.05) is 42.8 Å². The number of hydrogen-bond donors (Lipinski definition) is 0. The molecule has 0 unspecified atom stereocenters. The molecule has 2 aromatic heterocycles. The Morgan fingerprint density at radius 2 is 2.05 bits per heavy atom. The highest BCUT2D eigenvalue weighted by Crippen LogP contribution is 2.23. The molecule has 0 aromatic carbocycles. The van der Waals surface area contributed by atoms with E-state index in [1.807, 2.05) is 22.4 Å².